The van der Waals surface area contributed by atoms with Gasteiger partial charge in [-0.15, -0.1) is 0 Å². The number of hydrogen-bond acceptors (Lipinski definition) is 3. The van der Waals surface area contributed by atoms with Gasteiger partial charge in [-0.25, -0.2) is 0 Å². The van der Waals surface area contributed by atoms with Crippen LogP contribution in [-0.2, 0) is 0 Å². The van der Waals surface area contributed by atoms with Crippen LogP contribution in [0.25, 0.3) is 0 Å². The minimum absolute atomic E-state index is 0.251. The Labute approximate surface area is 101 Å². The van der Waals surface area contributed by atoms with Crippen LogP contribution in [0.15, 0.2) is 18.2 Å². The molecule has 0 heterocycles. The Morgan fingerprint density at radius 3 is 2.62 bits per heavy atom. The zero-order valence-electron chi connectivity index (χ0n) is 9.83. The topological polar surface area (TPSA) is 41.5 Å². The Morgan fingerprint density at radius 2 is 2.12 bits per heavy atom. The number of rotatable bonds is 5. The number of aliphatic hydroxyl groups is 1. The fourth-order valence-electron chi connectivity index (χ4n) is 1.28. The van der Waals surface area contributed by atoms with E-state index in [-0.39, 0.29) is 12.6 Å². The van der Waals surface area contributed by atoms with Gasteiger partial charge in [0, 0.05) is 6.04 Å². The van der Waals surface area contributed by atoms with Crippen molar-refractivity contribution in [3.8, 4) is 5.75 Å². The van der Waals surface area contributed by atoms with E-state index in [1.54, 1.807) is 6.92 Å². The van der Waals surface area contributed by atoms with Gasteiger partial charge in [0.2, 0.25) is 0 Å². The lowest BCUT2D eigenvalue weighted by Gasteiger charge is -2.14. The van der Waals surface area contributed by atoms with Gasteiger partial charge in [-0.2, -0.15) is 0 Å². The van der Waals surface area contributed by atoms with E-state index >= 15 is 0 Å². The molecule has 1 aromatic carbocycles. The summed E-state index contributed by atoms with van der Waals surface area (Å²) < 4.78 is 5.36. The maximum absolute atomic E-state index is 9.11. The maximum Gasteiger partial charge on any atom is 0.138 e. The van der Waals surface area contributed by atoms with Crippen LogP contribution in [0.2, 0.25) is 5.02 Å². The minimum atomic E-state index is -0.494. The molecule has 0 aliphatic rings. The van der Waals surface area contributed by atoms with E-state index in [1.165, 1.54) is 0 Å². The molecule has 0 bridgehead atoms. The van der Waals surface area contributed by atoms with Gasteiger partial charge in [0.15, 0.2) is 0 Å². The summed E-state index contributed by atoms with van der Waals surface area (Å²) in [5.74, 6) is 0.606. The molecule has 0 radical (unpaired) electrons. The lowest BCUT2D eigenvalue weighted by Crippen LogP contribution is -2.14. The van der Waals surface area contributed by atoms with E-state index in [0.29, 0.717) is 10.8 Å². The van der Waals surface area contributed by atoms with Gasteiger partial charge in [0.1, 0.15) is 12.4 Å². The van der Waals surface area contributed by atoms with Crippen molar-refractivity contribution in [1.82, 2.24) is 5.32 Å². The molecular formula is C12H18ClNO2. The quantitative estimate of drug-likeness (QED) is 0.835. The Balaban J connectivity index is 2.75. The molecular weight excluding hydrogens is 226 g/mol. The molecule has 0 aromatic heterocycles. The number of benzene rings is 1. The third kappa shape index (κ3) is 3.67. The predicted molar refractivity (Wildman–Crippen MR) is 66.1 cm³/mol. The average Bonchev–Trinajstić information content (AvgIpc) is 2.26. The van der Waals surface area contributed by atoms with Crippen molar-refractivity contribution >= 4 is 11.6 Å². The van der Waals surface area contributed by atoms with Crippen molar-refractivity contribution < 1.29 is 9.84 Å². The molecule has 1 rings (SSSR count). The molecule has 0 fully saturated rings. The molecule has 1 aromatic rings. The summed E-state index contributed by atoms with van der Waals surface area (Å²) in [5, 5.41) is 12.8. The molecule has 16 heavy (non-hydrogen) atoms. The van der Waals surface area contributed by atoms with Gasteiger partial charge in [0.25, 0.3) is 0 Å². The monoisotopic (exact) mass is 243 g/mol. The van der Waals surface area contributed by atoms with Crippen molar-refractivity contribution in [1.29, 1.82) is 0 Å². The zero-order valence-corrected chi connectivity index (χ0v) is 10.6. The summed E-state index contributed by atoms with van der Waals surface area (Å²) in [7, 11) is 1.90. The van der Waals surface area contributed by atoms with Crippen molar-refractivity contribution in [3.05, 3.63) is 28.8 Å². The maximum atomic E-state index is 9.11. The third-order valence-electron chi connectivity index (χ3n) is 2.37. The van der Waals surface area contributed by atoms with Crippen LogP contribution in [0.4, 0.5) is 0 Å². The first-order valence-electron chi connectivity index (χ1n) is 5.32. The van der Waals surface area contributed by atoms with Crippen molar-refractivity contribution in [3.63, 3.8) is 0 Å². The van der Waals surface area contributed by atoms with Gasteiger partial charge >= 0.3 is 0 Å². The number of ether oxygens (including phenoxy) is 1. The lowest BCUT2D eigenvalue weighted by molar-refractivity contribution is 0.123. The Kier molecular flexibility index (Phi) is 5.06. The highest BCUT2D eigenvalue weighted by Gasteiger charge is 2.08. The molecule has 0 saturated carbocycles. The van der Waals surface area contributed by atoms with E-state index in [9.17, 15) is 0 Å². The Bertz CT molecular complexity index is 342. The molecule has 2 unspecified atom stereocenters. The van der Waals surface area contributed by atoms with Crippen molar-refractivity contribution in [2.24, 2.45) is 0 Å². The molecule has 4 heteroatoms. The number of halogens is 1. The number of aliphatic hydroxyl groups excluding tert-OH is 1. The normalized spacial score (nSPS) is 14.6. The van der Waals surface area contributed by atoms with Crippen LogP contribution in [0, 0.1) is 0 Å². The van der Waals surface area contributed by atoms with Crippen molar-refractivity contribution in [2.75, 3.05) is 13.7 Å². The smallest absolute Gasteiger partial charge is 0.138 e. The van der Waals surface area contributed by atoms with E-state index < -0.39 is 6.10 Å². The second-order valence-electron chi connectivity index (χ2n) is 3.86. The molecule has 0 amide bonds. The van der Waals surface area contributed by atoms with Gasteiger partial charge in [-0.05, 0) is 38.6 Å². The summed E-state index contributed by atoms with van der Waals surface area (Å²) in [5.41, 5.74) is 1.11. The predicted octanol–water partition coefficient (Wildman–Crippen LogP) is 2.38. The Morgan fingerprint density at radius 1 is 1.44 bits per heavy atom. The fraction of sp³-hybridized carbons (Fsp3) is 0.500. The molecule has 2 atom stereocenters. The lowest BCUT2D eigenvalue weighted by atomic mass is 10.1. The second-order valence-corrected chi connectivity index (χ2v) is 4.27. The summed E-state index contributed by atoms with van der Waals surface area (Å²) >= 11 is 6.08. The first kappa shape index (κ1) is 13.3. The van der Waals surface area contributed by atoms with Gasteiger partial charge in [-0.1, -0.05) is 17.7 Å². The first-order chi connectivity index (χ1) is 7.54. The van der Waals surface area contributed by atoms with E-state index in [1.807, 2.05) is 25.2 Å². The highest BCUT2D eigenvalue weighted by Crippen LogP contribution is 2.27. The highest BCUT2D eigenvalue weighted by atomic mass is 35.5. The van der Waals surface area contributed by atoms with Crippen LogP contribution in [-0.4, -0.2) is 24.9 Å². The van der Waals surface area contributed by atoms with Crippen LogP contribution < -0.4 is 10.1 Å². The zero-order chi connectivity index (χ0) is 12.1. The van der Waals surface area contributed by atoms with E-state index in [2.05, 4.69) is 12.2 Å². The van der Waals surface area contributed by atoms with Crippen molar-refractivity contribution in [2.45, 2.75) is 26.0 Å². The van der Waals surface area contributed by atoms with Crippen LogP contribution in [0.3, 0.4) is 0 Å². The van der Waals surface area contributed by atoms with Crippen LogP contribution >= 0.6 is 11.6 Å². The second kappa shape index (κ2) is 6.09. The molecule has 3 nitrogen and oxygen atoms in total. The standard InChI is InChI=1S/C12H18ClNO2/c1-8(15)7-16-12-5-4-10(6-11(12)13)9(2)14-3/h4-6,8-9,14-15H,7H2,1-3H3. The average molecular weight is 244 g/mol. The van der Waals surface area contributed by atoms with Gasteiger partial charge in [0.05, 0.1) is 11.1 Å². The van der Waals surface area contributed by atoms with Gasteiger partial charge in [-0.3, -0.25) is 0 Å². The summed E-state index contributed by atoms with van der Waals surface area (Å²) in [6, 6.07) is 5.92. The SMILES string of the molecule is CNC(C)c1ccc(OCC(C)O)c(Cl)c1. The minimum Gasteiger partial charge on any atom is -0.489 e. The molecule has 0 aliphatic heterocycles. The molecule has 2 N–H and O–H groups in total. The van der Waals surface area contributed by atoms with Crippen LogP contribution in [0.1, 0.15) is 25.5 Å². The summed E-state index contributed by atoms with van der Waals surface area (Å²) in [4.78, 5) is 0. The Hall–Kier alpha value is -0.770. The number of nitrogens with one attached hydrogen (secondary N) is 1. The first-order valence-corrected chi connectivity index (χ1v) is 5.70. The molecule has 0 spiro atoms. The van der Waals surface area contributed by atoms with E-state index in [0.717, 1.165) is 5.56 Å². The van der Waals surface area contributed by atoms with Gasteiger partial charge < -0.3 is 15.2 Å². The largest absolute Gasteiger partial charge is 0.489 e. The van der Waals surface area contributed by atoms with Crippen LogP contribution in [0.5, 0.6) is 5.75 Å². The third-order valence-corrected chi connectivity index (χ3v) is 2.66. The molecule has 0 saturated heterocycles. The van der Waals surface area contributed by atoms with E-state index in [4.69, 9.17) is 21.4 Å². The summed E-state index contributed by atoms with van der Waals surface area (Å²) in [6.45, 7) is 3.98. The molecule has 0 aliphatic carbocycles. The molecule has 90 valence electrons. The highest BCUT2D eigenvalue weighted by molar-refractivity contribution is 6.32. The fourth-order valence-corrected chi connectivity index (χ4v) is 1.52. The summed E-state index contributed by atoms with van der Waals surface area (Å²) in [6.07, 6.45) is -0.494. The number of hydrogen-bond donors (Lipinski definition) is 2.